The molecule has 1 aromatic heterocycles. The number of hydrogen-bond donors (Lipinski definition) is 0. The maximum absolute atomic E-state index is 13.0. The van der Waals surface area contributed by atoms with Crippen LogP contribution in [0.4, 0.5) is 0 Å². The summed E-state index contributed by atoms with van der Waals surface area (Å²) in [6.07, 6.45) is 4.95. The number of ether oxygens (including phenoxy) is 1. The zero-order valence-electron chi connectivity index (χ0n) is 14.5. The van der Waals surface area contributed by atoms with Gasteiger partial charge in [0.25, 0.3) is 5.91 Å². The molecule has 0 saturated carbocycles. The maximum atomic E-state index is 13.0. The van der Waals surface area contributed by atoms with Crippen molar-refractivity contribution in [1.29, 1.82) is 0 Å². The number of benzene rings is 1. The molecule has 2 heterocycles. The van der Waals surface area contributed by atoms with E-state index in [1.807, 2.05) is 47.9 Å². The maximum Gasteiger partial charge on any atom is 0.271 e. The first-order valence-corrected chi connectivity index (χ1v) is 8.30. The van der Waals surface area contributed by atoms with E-state index in [2.05, 4.69) is 0 Å². The Labute approximate surface area is 147 Å². The highest BCUT2D eigenvalue weighted by atomic mass is 16.5. The molecule has 2 aromatic rings. The number of amides is 1. The number of aromatic nitrogens is 1. The van der Waals surface area contributed by atoms with Crippen molar-refractivity contribution in [2.75, 3.05) is 13.7 Å². The third-order valence-electron chi connectivity index (χ3n) is 4.67. The lowest BCUT2D eigenvalue weighted by molar-refractivity contribution is -0.117. The van der Waals surface area contributed by atoms with Gasteiger partial charge in [-0.1, -0.05) is 30.3 Å². The third-order valence-corrected chi connectivity index (χ3v) is 4.67. The van der Waals surface area contributed by atoms with E-state index in [0.717, 1.165) is 17.5 Å². The van der Waals surface area contributed by atoms with Crippen LogP contribution in [0.15, 0.2) is 48.7 Å². The lowest BCUT2D eigenvalue weighted by Crippen LogP contribution is -2.58. The van der Waals surface area contributed by atoms with Crippen molar-refractivity contribution in [3.63, 3.8) is 0 Å². The molecule has 1 unspecified atom stereocenters. The standard InChI is InChI=1S/C20H22N2O3/c1-20(15-23)14-21-17(11-13-25-2)8-9-18(21)19(24)22(20)12-10-16-6-4-3-5-7-16/h3-9,11,13,15H,10,12,14H2,1-2H3/b13-11-. The molecule has 0 aliphatic carbocycles. The van der Waals surface area contributed by atoms with Crippen molar-refractivity contribution in [1.82, 2.24) is 9.47 Å². The Morgan fingerprint density at radius 2 is 1.96 bits per heavy atom. The zero-order valence-corrected chi connectivity index (χ0v) is 14.5. The summed E-state index contributed by atoms with van der Waals surface area (Å²) in [5.74, 6) is -0.117. The van der Waals surface area contributed by atoms with Gasteiger partial charge in [0.15, 0.2) is 0 Å². The van der Waals surface area contributed by atoms with E-state index in [0.29, 0.717) is 25.2 Å². The minimum atomic E-state index is -0.868. The largest absolute Gasteiger partial charge is 0.504 e. The monoisotopic (exact) mass is 338 g/mol. The van der Waals surface area contributed by atoms with Gasteiger partial charge in [-0.3, -0.25) is 4.79 Å². The molecule has 25 heavy (non-hydrogen) atoms. The van der Waals surface area contributed by atoms with E-state index in [4.69, 9.17) is 4.74 Å². The lowest BCUT2D eigenvalue weighted by atomic mass is 9.97. The number of methoxy groups -OCH3 is 1. The normalized spacial score (nSPS) is 19.9. The molecular formula is C20H22N2O3. The van der Waals surface area contributed by atoms with Crippen LogP contribution < -0.4 is 0 Å². The molecule has 0 fully saturated rings. The Morgan fingerprint density at radius 3 is 2.64 bits per heavy atom. The van der Waals surface area contributed by atoms with Crippen LogP contribution >= 0.6 is 0 Å². The molecule has 1 atom stereocenters. The average molecular weight is 338 g/mol. The first-order chi connectivity index (χ1) is 12.1. The molecule has 1 aliphatic heterocycles. The second kappa shape index (κ2) is 6.97. The summed E-state index contributed by atoms with van der Waals surface area (Å²) in [6, 6.07) is 13.7. The summed E-state index contributed by atoms with van der Waals surface area (Å²) >= 11 is 0. The van der Waals surface area contributed by atoms with Gasteiger partial charge < -0.3 is 19.0 Å². The highest BCUT2D eigenvalue weighted by molar-refractivity contribution is 5.97. The minimum absolute atomic E-state index is 0.117. The van der Waals surface area contributed by atoms with E-state index in [1.54, 1.807) is 30.4 Å². The molecule has 0 bridgehead atoms. The van der Waals surface area contributed by atoms with Gasteiger partial charge in [0, 0.05) is 12.2 Å². The molecule has 1 aromatic carbocycles. The molecular weight excluding hydrogens is 316 g/mol. The van der Waals surface area contributed by atoms with Crippen LogP contribution in [-0.2, 0) is 22.5 Å². The molecule has 130 valence electrons. The van der Waals surface area contributed by atoms with E-state index in [-0.39, 0.29) is 5.91 Å². The molecule has 3 rings (SSSR count). The quantitative estimate of drug-likeness (QED) is 0.601. The van der Waals surface area contributed by atoms with Crippen molar-refractivity contribution >= 4 is 18.3 Å². The molecule has 0 spiro atoms. The van der Waals surface area contributed by atoms with Gasteiger partial charge in [0.2, 0.25) is 0 Å². The van der Waals surface area contributed by atoms with Crippen molar-refractivity contribution in [2.45, 2.75) is 25.4 Å². The summed E-state index contributed by atoms with van der Waals surface area (Å²) in [5, 5.41) is 0. The second-order valence-electron chi connectivity index (χ2n) is 6.44. The van der Waals surface area contributed by atoms with Gasteiger partial charge >= 0.3 is 0 Å². The van der Waals surface area contributed by atoms with Crippen LogP contribution in [0.5, 0.6) is 0 Å². The van der Waals surface area contributed by atoms with Crippen molar-refractivity contribution in [3.05, 3.63) is 65.7 Å². The van der Waals surface area contributed by atoms with Crippen LogP contribution in [0.1, 0.15) is 28.7 Å². The number of carbonyl (C=O) groups excluding carboxylic acids is 2. The topological polar surface area (TPSA) is 51.5 Å². The molecule has 0 N–H and O–H groups in total. The number of aldehydes is 1. The van der Waals surface area contributed by atoms with Crippen LogP contribution in [0.2, 0.25) is 0 Å². The van der Waals surface area contributed by atoms with Gasteiger partial charge in [-0.2, -0.15) is 0 Å². The number of rotatable bonds is 6. The predicted molar refractivity (Wildman–Crippen MR) is 96.1 cm³/mol. The SMILES string of the molecule is CO/C=C\c1ccc2n1CC(C)(C=O)N(CCc1ccccc1)C2=O. The minimum Gasteiger partial charge on any atom is -0.504 e. The van der Waals surface area contributed by atoms with E-state index >= 15 is 0 Å². The molecule has 0 radical (unpaired) electrons. The molecule has 1 aliphatic rings. The molecule has 1 amide bonds. The summed E-state index contributed by atoms with van der Waals surface area (Å²) in [6.45, 7) is 2.75. The molecule has 0 saturated heterocycles. The fourth-order valence-electron chi connectivity index (χ4n) is 3.25. The van der Waals surface area contributed by atoms with Gasteiger partial charge in [-0.25, -0.2) is 0 Å². The fraction of sp³-hybridized carbons (Fsp3) is 0.300. The van der Waals surface area contributed by atoms with Gasteiger partial charge in [-0.15, -0.1) is 0 Å². The summed E-state index contributed by atoms with van der Waals surface area (Å²) in [4.78, 5) is 26.5. The number of hydrogen-bond acceptors (Lipinski definition) is 3. The van der Waals surface area contributed by atoms with Crippen molar-refractivity contribution in [3.8, 4) is 0 Å². The zero-order chi connectivity index (χ0) is 17.9. The first-order valence-electron chi connectivity index (χ1n) is 8.30. The Hall–Kier alpha value is -2.82. The lowest BCUT2D eigenvalue weighted by Gasteiger charge is -2.42. The number of nitrogens with zero attached hydrogens (tertiary/aromatic N) is 2. The molecule has 5 heteroatoms. The van der Waals surface area contributed by atoms with E-state index in [1.165, 1.54) is 0 Å². The Balaban J connectivity index is 1.89. The van der Waals surface area contributed by atoms with Crippen molar-refractivity contribution < 1.29 is 14.3 Å². The third kappa shape index (κ3) is 3.22. The Bertz CT molecular complexity index is 795. The van der Waals surface area contributed by atoms with Crippen molar-refractivity contribution in [2.24, 2.45) is 0 Å². The number of carbonyl (C=O) groups is 2. The highest BCUT2D eigenvalue weighted by Gasteiger charge is 2.41. The Kier molecular flexibility index (Phi) is 4.74. The predicted octanol–water partition coefficient (Wildman–Crippen LogP) is 2.76. The average Bonchev–Trinajstić information content (AvgIpc) is 3.03. The number of fused-ring (bicyclic) bond motifs is 1. The first kappa shape index (κ1) is 17.0. The van der Waals surface area contributed by atoms with Crippen LogP contribution in [0, 0.1) is 0 Å². The van der Waals surface area contributed by atoms with E-state index in [9.17, 15) is 9.59 Å². The summed E-state index contributed by atoms with van der Waals surface area (Å²) in [5.41, 5.74) is 1.73. The summed E-state index contributed by atoms with van der Waals surface area (Å²) in [7, 11) is 1.57. The van der Waals surface area contributed by atoms with Gasteiger partial charge in [0.05, 0.1) is 19.9 Å². The smallest absolute Gasteiger partial charge is 0.271 e. The van der Waals surface area contributed by atoms with Gasteiger partial charge in [-0.05, 0) is 37.1 Å². The van der Waals surface area contributed by atoms with Crippen LogP contribution in [0.3, 0.4) is 0 Å². The van der Waals surface area contributed by atoms with Gasteiger partial charge in [0.1, 0.15) is 17.5 Å². The van der Waals surface area contributed by atoms with Crippen LogP contribution in [0.25, 0.3) is 6.08 Å². The van der Waals surface area contributed by atoms with Crippen LogP contribution in [-0.4, -0.2) is 40.9 Å². The highest BCUT2D eigenvalue weighted by Crippen LogP contribution is 2.28. The Morgan fingerprint density at radius 1 is 1.20 bits per heavy atom. The second-order valence-corrected chi connectivity index (χ2v) is 6.44. The van der Waals surface area contributed by atoms with E-state index < -0.39 is 5.54 Å². The fourth-order valence-corrected chi connectivity index (χ4v) is 3.25. The summed E-state index contributed by atoms with van der Waals surface area (Å²) < 4.78 is 6.84. The molecule has 5 nitrogen and oxygen atoms in total.